The minimum atomic E-state index is -3.92. The zero-order valence-electron chi connectivity index (χ0n) is 18.4. The highest BCUT2D eigenvalue weighted by Crippen LogP contribution is 2.22. The maximum absolute atomic E-state index is 13.3. The summed E-state index contributed by atoms with van der Waals surface area (Å²) in [4.78, 5) is 12.9. The Hall–Kier alpha value is -2.67. The van der Waals surface area contributed by atoms with Gasteiger partial charge in [0.25, 0.3) is 0 Å². The largest absolute Gasteiger partial charge is 0.325 e. The number of sulfonamides is 1. The van der Waals surface area contributed by atoms with Crippen molar-refractivity contribution < 1.29 is 13.2 Å². The summed E-state index contributed by atoms with van der Waals surface area (Å²) >= 11 is 5.92. The van der Waals surface area contributed by atoms with Gasteiger partial charge in [0, 0.05) is 17.3 Å². The van der Waals surface area contributed by atoms with Crippen LogP contribution in [0.25, 0.3) is 0 Å². The number of hydrogen-bond acceptors (Lipinski definition) is 3. The van der Waals surface area contributed by atoms with Crippen LogP contribution in [-0.4, -0.2) is 25.2 Å². The van der Waals surface area contributed by atoms with E-state index in [0.29, 0.717) is 16.6 Å². The van der Waals surface area contributed by atoms with E-state index in [1.807, 2.05) is 55.5 Å². The highest BCUT2D eigenvalue weighted by molar-refractivity contribution is 7.89. The molecule has 0 bridgehead atoms. The van der Waals surface area contributed by atoms with Crippen molar-refractivity contribution in [3.63, 3.8) is 0 Å². The number of nitrogens with zero attached hydrogens (tertiary/aromatic N) is 1. The first-order chi connectivity index (χ1) is 15.1. The fourth-order valence-corrected chi connectivity index (χ4v) is 4.70. The van der Waals surface area contributed by atoms with Gasteiger partial charge in [-0.15, -0.1) is 0 Å². The highest BCUT2D eigenvalue weighted by Gasteiger charge is 2.27. The molecule has 0 aliphatic heterocycles. The van der Waals surface area contributed by atoms with Crippen LogP contribution in [0.5, 0.6) is 0 Å². The van der Waals surface area contributed by atoms with Gasteiger partial charge in [-0.3, -0.25) is 4.79 Å². The average Bonchev–Trinajstić information content (AvgIpc) is 2.75. The number of halogens is 1. The first-order valence-electron chi connectivity index (χ1n) is 10.4. The number of benzene rings is 3. The van der Waals surface area contributed by atoms with E-state index in [4.69, 9.17) is 11.6 Å². The molecule has 3 rings (SSSR count). The lowest BCUT2D eigenvalue weighted by Crippen LogP contribution is -2.37. The van der Waals surface area contributed by atoms with E-state index in [1.54, 1.807) is 0 Å². The summed E-state index contributed by atoms with van der Waals surface area (Å²) in [6, 6.07) is 21.1. The topological polar surface area (TPSA) is 66.5 Å². The fraction of sp³-hybridized carbons (Fsp3) is 0.240. The van der Waals surface area contributed by atoms with Crippen LogP contribution in [0.15, 0.2) is 77.7 Å². The maximum Gasteiger partial charge on any atom is 0.243 e. The number of rotatable bonds is 8. The van der Waals surface area contributed by atoms with Crippen molar-refractivity contribution in [3.05, 3.63) is 94.5 Å². The third kappa shape index (κ3) is 6.19. The third-order valence-corrected chi connectivity index (χ3v) is 7.17. The second-order valence-electron chi connectivity index (χ2n) is 8.04. The molecule has 3 aromatic rings. The molecule has 3 aromatic carbocycles. The molecular weight excluding hydrogens is 444 g/mol. The number of carbonyl (C=O) groups is 1. The van der Waals surface area contributed by atoms with E-state index in [-0.39, 0.29) is 18.0 Å². The van der Waals surface area contributed by atoms with Gasteiger partial charge in [-0.1, -0.05) is 67.4 Å². The zero-order chi connectivity index (χ0) is 23.3. The lowest BCUT2D eigenvalue weighted by atomic mass is 10.0. The second kappa shape index (κ2) is 10.3. The van der Waals surface area contributed by atoms with Crippen molar-refractivity contribution in [1.29, 1.82) is 0 Å². The molecule has 5 nitrogen and oxygen atoms in total. The molecule has 168 valence electrons. The average molecular weight is 471 g/mol. The van der Waals surface area contributed by atoms with Gasteiger partial charge in [-0.25, -0.2) is 8.42 Å². The van der Waals surface area contributed by atoms with Gasteiger partial charge < -0.3 is 5.32 Å². The molecule has 0 fully saturated rings. The number of anilines is 1. The Morgan fingerprint density at radius 1 is 0.938 bits per heavy atom. The summed E-state index contributed by atoms with van der Waals surface area (Å²) in [5.74, 6) is -0.0266. The van der Waals surface area contributed by atoms with Crippen LogP contribution in [-0.2, 0) is 21.4 Å². The van der Waals surface area contributed by atoms with Crippen molar-refractivity contribution in [3.8, 4) is 0 Å². The predicted octanol–water partition coefficient (Wildman–Crippen LogP) is 5.60. The summed E-state index contributed by atoms with van der Waals surface area (Å²) in [5.41, 5.74) is 3.65. The minimum absolute atomic E-state index is 0.0744. The summed E-state index contributed by atoms with van der Waals surface area (Å²) in [5, 5.41) is 3.24. The van der Waals surface area contributed by atoms with Crippen LogP contribution in [0.4, 0.5) is 5.69 Å². The van der Waals surface area contributed by atoms with Gasteiger partial charge in [-0.2, -0.15) is 4.31 Å². The maximum atomic E-state index is 13.3. The quantitative estimate of drug-likeness (QED) is 0.465. The Bertz CT molecular complexity index is 1160. The predicted molar refractivity (Wildman–Crippen MR) is 129 cm³/mol. The minimum Gasteiger partial charge on any atom is -0.325 e. The second-order valence-corrected chi connectivity index (χ2v) is 10.4. The van der Waals surface area contributed by atoms with Gasteiger partial charge >= 0.3 is 0 Å². The molecule has 0 saturated carbocycles. The van der Waals surface area contributed by atoms with Crippen molar-refractivity contribution in [2.75, 3.05) is 11.9 Å². The van der Waals surface area contributed by atoms with Crippen LogP contribution < -0.4 is 5.32 Å². The smallest absolute Gasteiger partial charge is 0.243 e. The number of amides is 1. The molecule has 0 radical (unpaired) electrons. The molecule has 1 amide bonds. The van der Waals surface area contributed by atoms with Crippen molar-refractivity contribution >= 4 is 33.2 Å². The zero-order valence-corrected chi connectivity index (χ0v) is 20.0. The van der Waals surface area contributed by atoms with E-state index < -0.39 is 15.9 Å². The Morgan fingerprint density at radius 2 is 1.53 bits per heavy atom. The highest BCUT2D eigenvalue weighted by atomic mass is 35.5. The molecule has 7 heteroatoms. The molecule has 0 unspecified atom stereocenters. The Labute approximate surface area is 195 Å². The molecule has 0 aliphatic carbocycles. The molecular formula is C25H27ClN2O3S. The number of aryl methyl sites for hydroxylation is 1. The molecule has 0 spiro atoms. The van der Waals surface area contributed by atoms with Gasteiger partial charge in [0.2, 0.25) is 15.9 Å². The number of nitrogens with one attached hydrogen (secondary N) is 1. The standard InChI is InChI=1S/C25H27ClN2O3S/c1-18(2)21-8-12-23(13-9-21)27-25(29)17-28(16-20-6-4-19(3)5-7-20)32(30,31)24-14-10-22(26)11-15-24/h4-15,18H,16-17H2,1-3H3,(H,27,29). The number of carbonyl (C=O) groups excluding carboxylic acids is 1. The van der Waals surface area contributed by atoms with Gasteiger partial charge in [0.05, 0.1) is 11.4 Å². The van der Waals surface area contributed by atoms with Crippen LogP contribution >= 0.6 is 11.6 Å². The normalized spacial score (nSPS) is 11.7. The molecule has 0 atom stereocenters. The summed E-state index contributed by atoms with van der Waals surface area (Å²) in [6.07, 6.45) is 0. The fourth-order valence-electron chi connectivity index (χ4n) is 3.19. The Kier molecular flexibility index (Phi) is 7.72. The first kappa shape index (κ1) is 24.0. The molecule has 0 saturated heterocycles. The Balaban J connectivity index is 1.83. The van der Waals surface area contributed by atoms with E-state index in [0.717, 1.165) is 16.7 Å². The summed E-state index contributed by atoms with van der Waals surface area (Å²) in [6.45, 7) is 5.91. The molecule has 0 aliphatic rings. The number of hydrogen-bond donors (Lipinski definition) is 1. The SMILES string of the molecule is Cc1ccc(CN(CC(=O)Nc2ccc(C(C)C)cc2)S(=O)(=O)c2ccc(Cl)cc2)cc1. The molecule has 0 heterocycles. The summed E-state index contributed by atoms with van der Waals surface area (Å²) < 4.78 is 27.8. The van der Waals surface area contributed by atoms with Crippen molar-refractivity contribution in [1.82, 2.24) is 4.31 Å². The Morgan fingerprint density at radius 3 is 2.09 bits per heavy atom. The van der Waals surface area contributed by atoms with Crippen molar-refractivity contribution in [2.24, 2.45) is 0 Å². The van der Waals surface area contributed by atoms with Crippen LogP contribution in [0.3, 0.4) is 0 Å². The first-order valence-corrected chi connectivity index (χ1v) is 12.2. The molecule has 32 heavy (non-hydrogen) atoms. The van der Waals surface area contributed by atoms with Crippen molar-refractivity contribution in [2.45, 2.75) is 38.1 Å². The lowest BCUT2D eigenvalue weighted by Gasteiger charge is -2.22. The monoisotopic (exact) mass is 470 g/mol. The van der Waals surface area contributed by atoms with E-state index in [1.165, 1.54) is 28.6 Å². The van der Waals surface area contributed by atoms with Gasteiger partial charge in [0.1, 0.15) is 0 Å². The van der Waals surface area contributed by atoms with Crippen LogP contribution in [0, 0.1) is 6.92 Å². The third-order valence-electron chi connectivity index (χ3n) is 5.11. The van der Waals surface area contributed by atoms with E-state index >= 15 is 0 Å². The van der Waals surface area contributed by atoms with E-state index in [9.17, 15) is 13.2 Å². The molecule has 1 N–H and O–H groups in total. The molecule has 0 aromatic heterocycles. The lowest BCUT2D eigenvalue weighted by molar-refractivity contribution is -0.116. The van der Waals surface area contributed by atoms with Crippen LogP contribution in [0.1, 0.15) is 36.5 Å². The van der Waals surface area contributed by atoms with Gasteiger partial charge in [0.15, 0.2) is 0 Å². The summed E-state index contributed by atoms with van der Waals surface area (Å²) in [7, 11) is -3.92. The van der Waals surface area contributed by atoms with E-state index in [2.05, 4.69) is 19.2 Å². The van der Waals surface area contributed by atoms with Crippen LogP contribution in [0.2, 0.25) is 5.02 Å². The van der Waals surface area contributed by atoms with Gasteiger partial charge in [-0.05, 0) is 60.4 Å².